The Hall–Kier alpha value is -0.440. The molecule has 1 heterocycles. The molecular weight excluding hydrogens is 240 g/mol. The minimum absolute atomic E-state index is 0.573. The summed E-state index contributed by atoms with van der Waals surface area (Å²) < 4.78 is 0. The second-order valence-corrected chi connectivity index (χ2v) is 5.30. The van der Waals surface area contributed by atoms with Crippen molar-refractivity contribution in [2.75, 3.05) is 0 Å². The lowest BCUT2D eigenvalue weighted by atomic mass is 10.2. The van der Waals surface area contributed by atoms with Crippen LogP contribution in [0.2, 0.25) is 0 Å². The lowest BCUT2D eigenvalue weighted by Crippen LogP contribution is -2.09. The minimum atomic E-state index is 0.573. The lowest BCUT2D eigenvalue weighted by molar-refractivity contribution is 0.721. The van der Waals surface area contributed by atoms with Gasteiger partial charge in [-0.05, 0) is 38.7 Å². The zero-order chi connectivity index (χ0) is 10.1. The summed E-state index contributed by atoms with van der Waals surface area (Å²) in [6, 6.07) is 2.02. The van der Waals surface area contributed by atoms with Gasteiger partial charge < -0.3 is 0 Å². The number of rotatable bonds is 3. The van der Waals surface area contributed by atoms with Crippen LogP contribution in [-0.4, -0.2) is 14.8 Å². The van der Waals surface area contributed by atoms with Crippen molar-refractivity contribution in [1.82, 2.24) is 9.97 Å². The molecule has 1 aromatic heterocycles. The van der Waals surface area contributed by atoms with E-state index in [0.29, 0.717) is 4.83 Å². The van der Waals surface area contributed by atoms with Gasteiger partial charge in [-0.25, -0.2) is 9.97 Å². The number of hydrogen-bond acceptors (Lipinski definition) is 2. The number of aryl methyl sites for hydroxylation is 2. The van der Waals surface area contributed by atoms with Gasteiger partial charge in [-0.3, -0.25) is 0 Å². The fraction of sp³-hybridized carbons (Fsp3) is 0.636. The molecule has 2 nitrogen and oxygen atoms in total. The van der Waals surface area contributed by atoms with E-state index < -0.39 is 0 Å². The van der Waals surface area contributed by atoms with E-state index >= 15 is 0 Å². The third-order valence-corrected chi connectivity index (χ3v) is 3.61. The second-order valence-electron chi connectivity index (χ2n) is 4.12. The van der Waals surface area contributed by atoms with Crippen molar-refractivity contribution in [1.29, 1.82) is 0 Å². The maximum atomic E-state index is 4.44. The average Bonchev–Trinajstić information content (AvgIpc) is 2.82. The molecule has 0 saturated heterocycles. The predicted molar refractivity (Wildman–Crippen MR) is 60.6 cm³/mol. The molecule has 0 spiro atoms. The molecule has 0 bridgehead atoms. The van der Waals surface area contributed by atoms with E-state index in [2.05, 4.69) is 25.9 Å². The van der Waals surface area contributed by atoms with E-state index in [4.69, 9.17) is 0 Å². The fourth-order valence-electron chi connectivity index (χ4n) is 1.69. The van der Waals surface area contributed by atoms with Crippen LogP contribution in [0, 0.1) is 19.8 Å². The van der Waals surface area contributed by atoms with E-state index in [-0.39, 0.29) is 0 Å². The van der Waals surface area contributed by atoms with Crippen molar-refractivity contribution < 1.29 is 0 Å². The molecule has 3 heteroatoms. The number of aromatic nitrogens is 2. The average molecular weight is 255 g/mol. The van der Waals surface area contributed by atoms with Crippen molar-refractivity contribution in [2.24, 2.45) is 5.92 Å². The molecule has 1 aliphatic carbocycles. The molecule has 0 N–H and O–H groups in total. The molecule has 2 rings (SSSR count). The Labute approximate surface area is 93.3 Å². The monoisotopic (exact) mass is 254 g/mol. The molecule has 1 aliphatic rings. The molecule has 0 aromatic carbocycles. The molecule has 14 heavy (non-hydrogen) atoms. The van der Waals surface area contributed by atoms with Gasteiger partial charge >= 0.3 is 0 Å². The van der Waals surface area contributed by atoms with Crippen LogP contribution in [0.3, 0.4) is 0 Å². The predicted octanol–water partition coefficient (Wildman–Crippen LogP) is 2.81. The zero-order valence-electron chi connectivity index (χ0n) is 8.63. The number of hydrogen-bond donors (Lipinski definition) is 0. The smallest absolute Gasteiger partial charge is 0.129 e. The van der Waals surface area contributed by atoms with Gasteiger partial charge in [0.1, 0.15) is 5.82 Å². The molecular formula is C11H15BrN2. The van der Waals surface area contributed by atoms with Gasteiger partial charge in [0.15, 0.2) is 0 Å². The lowest BCUT2D eigenvalue weighted by Gasteiger charge is -2.07. The van der Waals surface area contributed by atoms with Gasteiger partial charge in [0.05, 0.1) is 0 Å². The highest BCUT2D eigenvalue weighted by molar-refractivity contribution is 9.09. The Bertz CT molecular complexity index is 314. The quantitative estimate of drug-likeness (QED) is 0.776. The third kappa shape index (κ3) is 2.53. The molecule has 0 aliphatic heterocycles. The number of halogens is 1. The number of nitrogens with zero attached hydrogens (tertiary/aromatic N) is 2. The molecule has 1 atom stereocenters. The first-order chi connectivity index (χ1) is 6.65. The van der Waals surface area contributed by atoms with Crippen molar-refractivity contribution in [3.63, 3.8) is 0 Å². The first kappa shape index (κ1) is 10.1. The topological polar surface area (TPSA) is 25.8 Å². The van der Waals surface area contributed by atoms with Crippen LogP contribution in [0.4, 0.5) is 0 Å². The van der Waals surface area contributed by atoms with Crippen LogP contribution in [0.15, 0.2) is 6.07 Å². The highest BCUT2D eigenvalue weighted by atomic mass is 79.9. The van der Waals surface area contributed by atoms with E-state index in [1.54, 1.807) is 0 Å². The Morgan fingerprint density at radius 3 is 2.43 bits per heavy atom. The zero-order valence-corrected chi connectivity index (χ0v) is 10.2. The minimum Gasteiger partial charge on any atom is -0.238 e. The van der Waals surface area contributed by atoms with Gasteiger partial charge in [-0.2, -0.15) is 0 Å². The standard InChI is InChI=1S/C11H15BrN2/c1-7-5-8(2)14-11(13-7)6-10(12)9-3-4-9/h5,9-10H,3-4,6H2,1-2H3. The van der Waals surface area contributed by atoms with Gasteiger partial charge in [-0.15, -0.1) is 0 Å². The van der Waals surface area contributed by atoms with E-state index in [1.165, 1.54) is 12.8 Å². The van der Waals surface area contributed by atoms with Crippen LogP contribution in [0.25, 0.3) is 0 Å². The largest absolute Gasteiger partial charge is 0.238 e. The third-order valence-electron chi connectivity index (χ3n) is 2.54. The Kier molecular flexibility index (Phi) is 2.86. The summed E-state index contributed by atoms with van der Waals surface area (Å²) in [6.07, 6.45) is 3.69. The second kappa shape index (κ2) is 3.97. The highest BCUT2D eigenvalue weighted by Gasteiger charge is 2.29. The van der Waals surface area contributed by atoms with Gasteiger partial charge in [0, 0.05) is 22.6 Å². The summed E-state index contributed by atoms with van der Waals surface area (Å²) >= 11 is 3.71. The van der Waals surface area contributed by atoms with Crippen LogP contribution < -0.4 is 0 Å². The van der Waals surface area contributed by atoms with Crippen molar-refractivity contribution in [2.45, 2.75) is 37.9 Å². The van der Waals surface area contributed by atoms with Gasteiger partial charge in [-0.1, -0.05) is 15.9 Å². The summed E-state index contributed by atoms with van der Waals surface area (Å²) in [6.45, 7) is 4.05. The first-order valence-corrected chi connectivity index (χ1v) is 6.02. The molecule has 1 fully saturated rings. The Morgan fingerprint density at radius 1 is 1.36 bits per heavy atom. The Balaban J connectivity index is 2.07. The molecule has 76 valence electrons. The van der Waals surface area contributed by atoms with E-state index in [9.17, 15) is 0 Å². The molecule has 0 radical (unpaired) electrons. The molecule has 1 aromatic rings. The SMILES string of the molecule is Cc1cc(C)nc(CC(Br)C2CC2)n1. The summed E-state index contributed by atoms with van der Waals surface area (Å²) in [5.74, 6) is 1.84. The van der Waals surface area contributed by atoms with Crippen LogP contribution in [-0.2, 0) is 6.42 Å². The van der Waals surface area contributed by atoms with Crippen molar-refractivity contribution in [3.05, 3.63) is 23.3 Å². The summed E-state index contributed by atoms with van der Waals surface area (Å²) in [4.78, 5) is 9.46. The van der Waals surface area contributed by atoms with Crippen LogP contribution in [0.5, 0.6) is 0 Å². The van der Waals surface area contributed by atoms with Gasteiger partial charge in [0.2, 0.25) is 0 Å². The van der Waals surface area contributed by atoms with Crippen molar-refractivity contribution in [3.8, 4) is 0 Å². The summed E-state index contributed by atoms with van der Waals surface area (Å²) in [5, 5.41) is 0. The normalized spacial score (nSPS) is 18.2. The molecule has 0 amide bonds. The summed E-state index contributed by atoms with van der Waals surface area (Å²) in [7, 11) is 0. The van der Waals surface area contributed by atoms with E-state index in [1.807, 2.05) is 19.9 Å². The van der Waals surface area contributed by atoms with Gasteiger partial charge in [0.25, 0.3) is 0 Å². The summed E-state index contributed by atoms with van der Waals surface area (Å²) in [5.41, 5.74) is 2.14. The first-order valence-electron chi connectivity index (χ1n) is 5.10. The molecule has 1 unspecified atom stereocenters. The fourth-order valence-corrected chi connectivity index (χ4v) is 2.51. The number of alkyl halides is 1. The van der Waals surface area contributed by atoms with Crippen LogP contribution in [0.1, 0.15) is 30.1 Å². The molecule has 1 saturated carbocycles. The van der Waals surface area contributed by atoms with Crippen LogP contribution >= 0.6 is 15.9 Å². The maximum Gasteiger partial charge on any atom is 0.129 e. The Morgan fingerprint density at radius 2 is 1.93 bits per heavy atom. The van der Waals surface area contributed by atoms with Crippen molar-refractivity contribution >= 4 is 15.9 Å². The maximum absolute atomic E-state index is 4.44. The highest BCUT2D eigenvalue weighted by Crippen LogP contribution is 2.37. The van der Waals surface area contributed by atoms with E-state index in [0.717, 1.165) is 29.6 Å².